The van der Waals surface area contributed by atoms with Crippen molar-refractivity contribution in [3.8, 4) is 5.75 Å². The molecule has 7 heteroatoms. The Morgan fingerprint density at radius 3 is 1.76 bits per heavy atom. The average molecular weight is 383 g/mol. The maximum Gasteiger partial charge on any atom is 0.573 e. The molecular formula is C14H12BrClF3NO. The Hall–Kier alpha value is -1.24. The zero-order valence-corrected chi connectivity index (χ0v) is 13.0. The molecule has 21 heavy (non-hydrogen) atoms. The fraction of sp³-hybridized carbons (Fsp3) is 0.143. The highest BCUT2D eigenvalue weighted by atomic mass is 79.9. The third kappa shape index (κ3) is 5.22. The van der Waals surface area contributed by atoms with Gasteiger partial charge >= 0.3 is 6.36 Å². The highest BCUT2D eigenvalue weighted by molar-refractivity contribution is 9.10. The molecular weight excluding hydrogens is 371 g/mol. The molecule has 0 saturated heterocycles. The van der Waals surface area contributed by atoms with Crippen molar-refractivity contribution in [3.05, 3.63) is 64.1 Å². The van der Waals surface area contributed by atoms with Crippen molar-refractivity contribution >= 4 is 28.3 Å². The number of hydrogen-bond donors (Lipinski definition) is 1. The van der Waals surface area contributed by atoms with Crippen LogP contribution in [0, 0.1) is 0 Å². The molecule has 0 amide bonds. The lowest BCUT2D eigenvalue weighted by atomic mass is 10.00. The van der Waals surface area contributed by atoms with Gasteiger partial charge < -0.3 is 10.5 Å². The highest BCUT2D eigenvalue weighted by Gasteiger charge is 2.31. The van der Waals surface area contributed by atoms with Crippen LogP contribution in [0.5, 0.6) is 5.75 Å². The van der Waals surface area contributed by atoms with Gasteiger partial charge in [-0.1, -0.05) is 40.2 Å². The van der Waals surface area contributed by atoms with Gasteiger partial charge in [-0.25, -0.2) is 0 Å². The fourth-order valence-electron chi connectivity index (χ4n) is 1.74. The van der Waals surface area contributed by atoms with Crippen LogP contribution in [-0.2, 0) is 0 Å². The molecule has 0 heterocycles. The van der Waals surface area contributed by atoms with Crippen molar-refractivity contribution in [2.24, 2.45) is 5.73 Å². The van der Waals surface area contributed by atoms with E-state index < -0.39 is 12.4 Å². The van der Waals surface area contributed by atoms with E-state index in [0.717, 1.165) is 10.0 Å². The molecule has 2 N–H and O–H groups in total. The molecule has 1 atom stereocenters. The molecule has 0 aromatic heterocycles. The van der Waals surface area contributed by atoms with E-state index in [9.17, 15) is 13.2 Å². The summed E-state index contributed by atoms with van der Waals surface area (Å²) < 4.78 is 40.9. The molecule has 114 valence electrons. The zero-order valence-electron chi connectivity index (χ0n) is 10.6. The monoisotopic (exact) mass is 381 g/mol. The Morgan fingerprint density at radius 2 is 1.33 bits per heavy atom. The van der Waals surface area contributed by atoms with E-state index in [0.29, 0.717) is 5.56 Å². The van der Waals surface area contributed by atoms with E-state index in [2.05, 4.69) is 20.7 Å². The van der Waals surface area contributed by atoms with Crippen LogP contribution in [0.15, 0.2) is 53.0 Å². The van der Waals surface area contributed by atoms with Crippen LogP contribution in [0.2, 0.25) is 0 Å². The summed E-state index contributed by atoms with van der Waals surface area (Å²) in [5, 5.41) is 0. The van der Waals surface area contributed by atoms with E-state index in [-0.39, 0.29) is 18.2 Å². The number of alkyl halides is 3. The quantitative estimate of drug-likeness (QED) is 0.826. The topological polar surface area (TPSA) is 35.2 Å². The summed E-state index contributed by atoms with van der Waals surface area (Å²) in [5.41, 5.74) is 7.65. The van der Waals surface area contributed by atoms with E-state index >= 15 is 0 Å². The van der Waals surface area contributed by atoms with Gasteiger partial charge in [0.1, 0.15) is 5.75 Å². The second kappa shape index (κ2) is 7.15. The molecule has 0 aliphatic carbocycles. The Kier molecular flexibility index (Phi) is 6.07. The van der Waals surface area contributed by atoms with E-state index in [1.807, 2.05) is 24.3 Å². The van der Waals surface area contributed by atoms with Crippen molar-refractivity contribution in [1.29, 1.82) is 0 Å². The molecule has 0 spiro atoms. The van der Waals surface area contributed by atoms with Crippen molar-refractivity contribution in [3.63, 3.8) is 0 Å². The third-order valence-electron chi connectivity index (χ3n) is 2.70. The van der Waals surface area contributed by atoms with E-state index in [4.69, 9.17) is 5.73 Å². The van der Waals surface area contributed by atoms with E-state index in [1.165, 1.54) is 24.3 Å². The fourth-order valence-corrected chi connectivity index (χ4v) is 2.00. The maximum atomic E-state index is 12.1. The van der Waals surface area contributed by atoms with Crippen LogP contribution in [0.4, 0.5) is 13.2 Å². The van der Waals surface area contributed by atoms with Crippen LogP contribution >= 0.6 is 28.3 Å². The molecule has 2 nitrogen and oxygen atoms in total. The number of hydrogen-bond acceptors (Lipinski definition) is 2. The Balaban J connectivity index is 0.00000220. The molecule has 2 rings (SSSR count). The second-order valence-corrected chi connectivity index (χ2v) is 5.06. The van der Waals surface area contributed by atoms with Gasteiger partial charge in [-0.3, -0.25) is 0 Å². The highest BCUT2D eigenvalue weighted by Crippen LogP contribution is 2.26. The first-order chi connectivity index (χ1) is 9.35. The largest absolute Gasteiger partial charge is 0.573 e. The molecule has 2 aromatic carbocycles. The number of nitrogens with two attached hydrogens (primary N) is 1. The van der Waals surface area contributed by atoms with Gasteiger partial charge in [0.25, 0.3) is 0 Å². The molecule has 0 fully saturated rings. The standard InChI is InChI=1S/C14H11BrF3NO.ClH/c15-11-5-1-9(2-6-11)13(19)10-3-7-12(8-4-10)20-14(16,17)18;/h1-8,13H,19H2;1H/t13-;/m0./s1. The van der Waals surface area contributed by atoms with Crippen LogP contribution in [-0.4, -0.2) is 6.36 Å². The van der Waals surface area contributed by atoms with Gasteiger partial charge in [0, 0.05) is 4.47 Å². The Labute approximate surface area is 134 Å². The summed E-state index contributed by atoms with van der Waals surface area (Å²) >= 11 is 3.32. The first kappa shape index (κ1) is 17.8. The smallest absolute Gasteiger partial charge is 0.406 e. The Morgan fingerprint density at radius 1 is 0.905 bits per heavy atom. The minimum absolute atomic E-state index is 0. The van der Waals surface area contributed by atoms with Gasteiger partial charge in [0.15, 0.2) is 0 Å². The summed E-state index contributed by atoms with van der Waals surface area (Å²) in [6.07, 6.45) is -4.69. The van der Waals surface area contributed by atoms with Gasteiger partial charge in [0.05, 0.1) is 6.04 Å². The van der Waals surface area contributed by atoms with Crippen LogP contribution < -0.4 is 10.5 Å². The predicted molar refractivity (Wildman–Crippen MR) is 80.5 cm³/mol. The molecule has 0 aliphatic rings. The lowest BCUT2D eigenvalue weighted by molar-refractivity contribution is -0.274. The minimum atomic E-state index is -4.69. The molecule has 0 unspecified atom stereocenters. The second-order valence-electron chi connectivity index (χ2n) is 4.15. The summed E-state index contributed by atoms with van der Waals surface area (Å²) in [4.78, 5) is 0. The van der Waals surface area contributed by atoms with E-state index in [1.54, 1.807) is 0 Å². The summed E-state index contributed by atoms with van der Waals surface area (Å²) in [6.45, 7) is 0. The zero-order chi connectivity index (χ0) is 14.8. The number of ether oxygens (including phenoxy) is 1. The predicted octanol–water partition coefficient (Wildman–Crippen LogP) is 4.82. The van der Waals surface area contributed by atoms with Crippen molar-refractivity contribution in [2.75, 3.05) is 0 Å². The van der Waals surface area contributed by atoms with Crippen LogP contribution in [0.25, 0.3) is 0 Å². The first-order valence-electron chi connectivity index (χ1n) is 5.72. The van der Waals surface area contributed by atoms with Crippen LogP contribution in [0.1, 0.15) is 17.2 Å². The van der Waals surface area contributed by atoms with Crippen molar-refractivity contribution in [1.82, 2.24) is 0 Å². The lowest BCUT2D eigenvalue weighted by Crippen LogP contribution is -2.17. The van der Waals surface area contributed by atoms with Gasteiger partial charge in [-0.15, -0.1) is 25.6 Å². The Bertz CT molecular complexity index is 572. The summed E-state index contributed by atoms with van der Waals surface area (Å²) in [5.74, 6) is -0.260. The lowest BCUT2D eigenvalue weighted by Gasteiger charge is -2.14. The molecule has 0 bridgehead atoms. The van der Waals surface area contributed by atoms with Crippen molar-refractivity contribution < 1.29 is 17.9 Å². The molecule has 0 aliphatic heterocycles. The molecule has 2 aromatic rings. The third-order valence-corrected chi connectivity index (χ3v) is 3.23. The minimum Gasteiger partial charge on any atom is -0.406 e. The molecule has 0 saturated carbocycles. The summed E-state index contributed by atoms with van der Waals surface area (Å²) in [7, 11) is 0. The van der Waals surface area contributed by atoms with Gasteiger partial charge in [-0.2, -0.15) is 0 Å². The number of halogens is 5. The summed E-state index contributed by atoms with van der Waals surface area (Å²) in [6, 6.07) is 12.6. The van der Waals surface area contributed by atoms with Crippen molar-refractivity contribution in [2.45, 2.75) is 12.4 Å². The first-order valence-corrected chi connectivity index (χ1v) is 6.51. The van der Waals surface area contributed by atoms with Crippen LogP contribution in [0.3, 0.4) is 0 Å². The average Bonchev–Trinajstić information content (AvgIpc) is 2.38. The molecule has 0 radical (unpaired) electrons. The van der Waals surface area contributed by atoms with Gasteiger partial charge in [-0.05, 0) is 35.4 Å². The SMILES string of the molecule is Cl.N[C@@H](c1ccc(Br)cc1)c1ccc(OC(F)(F)F)cc1. The number of rotatable bonds is 3. The number of benzene rings is 2. The van der Waals surface area contributed by atoms with Gasteiger partial charge in [0.2, 0.25) is 0 Å². The normalized spacial score (nSPS) is 12.4. The maximum absolute atomic E-state index is 12.1.